The van der Waals surface area contributed by atoms with Gasteiger partial charge in [0.2, 0.25) is 0 Å². The third-order valence-corrected chi connectivity index (χ3v) is 2.57. The number of nitrogens with zero attached hydrogens (tertiary/aromatic N) is 1. The molecule has 0 aromatic carbocycles. The van der Waals surface area contributed by atoms with Gasteiger partial charge in [-0.2, -0.15) is 13.2 Å². The van der Waals surface area contributed by atoms with Crippen molar-refractivity contribution >= 4 is 15.9 Å². The lowest BCUT2D eigenvalue weighted by Gasteiger charge is -2.15. The first-order chi connectivity index (χ1) is 6.32. The van der Waals surface area contributed by atoms with Crippen molar-refractivity contribution in [2.45, 2.75) is 19.1 Å². The summed E-state index contributed by atoms with van der Waals surface area (Å²) < 4.78 is 37.2. The molecule has 0 aliphatic rings. The SMILES string of the molecule is Cc1cc([C@@H](N)C(F)(F)F)ncc1Br. The van der Waals surface area contributed by atoms with Crippen molar-refractivity contribution in [3.8, 4) is 0 Å². The fourth-order valence-corrected chi connectivity index (χ4v) is 1.12. The fourth-order valence-electron chi connectivity index (χ4n) is 0.899. The highest BCUT2D eigenvalue weighted by molar-refractivity contribution is 9.10. The fraction of sp³-hybridized carbons (Fsp3) is 0.375. The normalized spacial score (nSPS) is 14.1. The molecule has 0 saturated carbocycles. The van der Waals surface area contributed by atoms with Crippen molar-refractivity contribution in [2.24, 2.45) is 5.73 Å². The lowest BCUT2D eigenvalue weighted by molar-refractivity contribution is -0.150. The Labute approximate surface area is 87.4 Å². The molecule has 0 bridgehead atoms. The molecule has 1 atom stereocenters. The van der Waals surface area contributed by atoms with Crippen LogP contribution in [0.3, 0.4) is 0 Å². The lowest BCUT2D eigenvalue weighted by Crippen LogP contribution is -2.29. The number of halogens is 4. The van der Waals surface area contributed by atoms with Gasteiger partial charge in [-0.3, -0.25) is 4.98 Å². The van der Waals surface area contributed by atoms with Crippen molar-refractivity contribution in [3.05, 3.63) is 28.0 Å². The van der Waals surface area contributed by atoms with E-state index in [2.05, 4.69) is 20.9 Å². The molecule has 0 saturated heterocycles. The van der Waals surface area contributed by atoms with Crippen molar-refractivity contribution in [2.75, 3.05) is 0 Å². The van der Waals surface area contributed by atoms with E-state index in [0.717, 1.165) is 0 Å². The van der Waals surface area contributed by atoms with Gasteiger partial charge in [0.05, 0.1) is 5.69 Å². The largest absolute Gasteiger partial charge is 0.409 e. The summed E-state index contributed by atoms with van der Waals surface area (Å²) in [5.41, 5.74) is 5.50. The Morgan fingerprint density at radius 1 is 1.50 bits per heavy atom. The summed E-state index contributed by atoms with van der Waals surface area (Å²) in [4.78, 5) is 3.61. The maximum absolute atomic E-state index is 12.2. The minimum atomic E-state index is -4.45. The highest BCUT2D eigenvalue weighted by Gasteiger charge is 2.38. The van der Waals surface area contributed by atoms with E-state index in [9.17, 15) is 13.2 Å². The predicted molar refractivity (Wildman–Crippen MR) is 49.7 cm³/mol. The van der Waals surface area contributed by atoms with Crippen LogP contribution < -0.4 is 5.73 Å². The Balaban J connectivity index is 3.03. The molecule has 78 valence electrons. The van der Waals surface area contributed by atoms with Gasteiger partial charge in [-0.1, -0.05) is 0 Å². The summed E-state index contributed by atoms with van der Waals surface area (Å²) in [6, 6.07) is -0.698. The summed E-state index contributed by atoms with van der Waals surface area (Å²) >= 11 is 3.14. The van der Waals surface area contributed by atoms with Crippen molar-refractivity contribution in [3.63, 3.8) is 0 Å². The molecule has 14 heavy (non-hydrogen) atoms. The summed E-state index contributed by atoms with van der Waals surface area (Å²) in [7, 11) is 0. The molecule has 1 aromatic heterocycles. The Morgan fingerprint density at radius 3 is 2.50 bits per heavy atom. The number of nitrogens with two attached hydrogens (primary N) is 1. The number of alkyl halides is 3. The zero-order valence-corrected chi connectivity index (χ0v) is 8.85. The predicted octanol–water partition coefficient (Wildman–Crippen LogP) is 2.71. The molecule has 0 fully saturated rings. The Hall–Kier alpha value is -0.620. The number of pyridine rings is 1. The average Bonchev–Trinajstić information content (AvgIpc) is 2.07. The quantitative estimate of drug-likeness (QED) is 0.851. The topological polar surface area (TPSA) is 38.9 Å². The second-order valence-electron chi connectivity index (χ2n) is 2.88. The summed E-state index contributed by atoms with van der Waals surface area (Å²) in [5.74, 6) is 0. The van der Waals surface area contributed by atoms with Crippen molar-refractivity contribution < 1.29 is 13.2 Å². The maximum atomic E-state index is 12.2. The van der Waals surface area contributed by atoms with E-state index < -0.39 is 12.2 Å². The summed E-state index contributed by atoms with van der Waals surface area (Å²) in [6.07, 6.45) is -3.14. The second-order valence-corrected chi connectivity index (χ2v) is 3.73. The van der Waals surface area contributed by atoms with Crippen LogP contribution in [0, 0.1) is 6.92 Å². The second kappa shape index (κ2) is 3.86. The number of rotatable bonds is 1. The first kappa shape index (κ1) is 11.5. The smallest absolute Gasteiger partial charge is 0.315 e. The third kappa shape index (κ3) is 2.45. The van der Waals surface area contributed by atoms with Gasteiger partial charge in [-0.15, -0.1) is 0 Å². The van der Waals surface area contributed by atoms with Crippen LogP contribution in [0.4, 0.5) is 13.2 Å². The van der Waals surface area contributed by atoms with Crippen LogP contribution in [0.15, 0.2) is 16.7 Å². The van der Waals surface area contributed by atoms with E-state index in [1.54, 1.807) is 6.92 Å². The number of aryl methyl sites for hydroxylation is 1. The highest BCUT2D eigenvalue weighted by atomic mass is 79.9. The molecule has 1 aromatic rings. The van der Waals surface area contributed by atoms with Gasteiger partial charge in [-0.25, -0.2) is 0 Å². The van der Waals surface area contributed by atoms with Crippen molar-refractivity contribution in [1.82, 2.24) is 4.98 Å². The van der Waals surface area contributed by atoms with Gasteiger partial charge in [0.25, 0.3) is 0 Å². The minimum Gasteiger partial charge on any atom is -0.315 e. The number of aromatic nitrogens is 1. The zero-order valence-electron chi connectivity index (χ0n) is 7.27. The third-order valence-electron chi connectivity index (χ3n) is 1.74. The van der Waals surface area contributed by atoms with E-state index in [1.807, 2.05) is 0 Å². The van der Waals surface area contributed by atoms with Gasteiger partial charge in [0.15, 0.2) is 0 Å². The van der Waals surface area contributed by atoms with Gasteiger partial charge in [0, 0.05) is 10.7 Å². The average molecular weight is 269 g/mol. The van der Waals surface area contributed by atoms with Crippen LogP contribution in [0.25, 0.3) is 0 Å². The molecular formula is C8H8BrF3N2. The molecule has 1 heterocycles. The number of hydrogen-bond donors (Lipinski definition) is 1. The molecule has 1 rings (SSSR count). The minimum absolute atomic E-state index is 0.168. The Morgan fingerprint density at radius 2 is 2.07 bits per heavy atom. The highest BCUT2D eigenvalue weighted by Crippen LogP contribution is 2.30. The molecule has 0 spiro atoms. The first-order valence-electron chi connectivity index (χ1n) is 3.76. The summed E-state index contributed by atoms with van der Waals surface area (Å²) in [5, 5.41) is 0. The van der Waals surface area contributed by atoms with Crippen LogP contribution in [-0.2, 0) is 0 Å². The Kier molecular flexibility index (Phi) is 3.16. The molecule has 0 unspecified atom stereocenters. The standard InChI is InChI=1S/C8H8BrF3N2/c1-4-2-6(14-3-5(4)9)7(13)8(10,11)12/h2-3,7H,13H2,1H3/t7-/m1/s1. The lowest BCUT2D eigenvalue weighted by atomic mass is 10.1. The molecule has 2 N–H and O–H groups in total. The van der Waals surface area contributed by atoms with Gasteiger partial charge < -0.3 is 5.73 Å². The number of hydrogen-bond acceptors (Lipinski definition) is 2. The van der Waals surface area contributed by atoms with Crippen molar-refractivity contribution in [1.29, 1.82) is 0 Å². The van der Waals surface area contributed by atoms with Crippen LogP contribution >= 0.6 is 15.9 Å². The molecule has 0 radical (unpaired) electrons. The molecule has 6 heteroatoms. The molecule has 0 aliphatic carbocycles. The van der Waals surface area contributed by atoms with E-state index in [4.69, 9.17) is 5.73 Å². The van der Waals surface area contributed by atoms with E-state index in [1.165, 1.54) is 12.3 Å². The van der Waals surface area contributed by atoms with Gasteiger partial charge in [-0.05, 0) is 34.5 Å². The van der Waals surface area contributed by atoms with Crippen LogP contribution in [0.1, 0.15) is 17.3 Å². The van der Waals surface area contributed by atoms with E-state index in [0.29, 0.717) is 10.0 Å². The molecule has 0 aliphatic heterocycles. The van der Waals surface area contributed by atoms with Crippen LogP contribution in [0.2, 0.25) is 0 Å². The summed E-state index contributed by atoms with van der Waals surface area (Å²) in [6.45, 7) is 1.68. The van der Waals surface area contributed by atoms with E-state index in [-0.39, 0.29) is 5.69 Å². The molecular weight excluding hydrogens is 261 g/mol. The maximum Gasteiger partial charge on any atom is 0.409 e. The zero-order chi connectivity index (χ0) is 10.9. The van der Waals surface area contributed by atoms with Crippen LogP contribution in [0.5, 0.6) is 0 Å². The van der Waals surface area contributed by atoms with Gasteiger partial charge in [0.1, 0.15) is 6.04 Å². The van der Waals surface area contributed by atoms with Crippen LogP contribution in [-0.4, -0.2) is 11.2 Å². The monoisotopic (exact) mass is 268 g/mol. The molecule has 2 nitrogen and oxygen atoms in total. The first-order valence-corrected chi connectivity index (χ1v) is 4.56. The molecule has 0 amide bonds. The van der Waals surface area contributed by atoms with Gasteiger partial charge >= 0.3 is 6.18 Å². The Bertz CT molecular complexity index is 338. The van der Waals surface area contributed by atoms with E-state index >= 15 is 0 Å².